The van der Waals surface area contributed by atoms with Crippen LogP contribution in [-0.4, -0.2) is 28.5 Å². The molecule has 2 saturated heterocycles. The van der Waals surface area contributed by atoms with E-state index < -0.39 is 17.9 Å². The van der Waals surface area contributed by atoms with Crippen molar-refractivity contribution in [2.24, 2.45) is 11.8 Å². The second-order valence-electron chi connectivity index (χ2n) is 9.18. The Kier molecular flexibility index (Phi) is 4.35. The molecule has 3 aromatic carbocycles. The van der Waals surface area contributed by atoms with Gasteiger partial charge in [0.25, 0.3) is 0 Å². The Labute approximate surface area is 205 Å². The van der Waals surface area contributed by atoms with Gasteiger partial charge in [-0.2, -0.15) is 0 Å². The molecule has 0 saturated carbocycles. The third-order valence-electron chi connectivity index (χ3n) is 7.50. The van der Waals surface area contributed by atoms with Crippen LogP contribution in [0.3, 0.4) is 0 Å². The fourth-order valence-corrected chi connectivity index (χ4v) is 6.76. The van der Waals surface area contributed by atoms with Crippen LogP contribution >= 0.6 is 11.3 Å². The molecule has 6 heteroatoms. The van der Waals surface area contributed by atoms with Crippen LogP contribution in [-0.2, 0) is 9.59 Å². The molecule has 4 heterocycles. The van der Waals surface area contributed by atoms with Crippen molar-refractivity contribution in [1.82, 2.24) is 4.90 Å². The van der Waals surface area contributed by atoms with Crippen LogP contribution in [0.5, 0.6) is 0 Å². The number of hydrogen-bond donors (Lipinski definition) is 0. The molecule has 0 aliphatic carbocycles. The van der Waals surface area contributed by atoms with Crippen LogP contribution in [0.4, 0.5) is 5.69 Å². The van der Waals surface area contributed by atoms with E-state index in [-0.39, 0.29) is 23.6 Å². The first-order valence-electron chi connectivity index (χ1n) is 11.6. The summed E-state index contributed by atoms with van der Waals surface area (Å²) in [6.45, 7) is 0. The SMILES string of the molecule is O=C(c1cccs1)[C@@H]1[C@@H]2C(=O)N(c3cccc4ccccc34)C(=O)[C@H]2[C@@H]2c3ccccc3C=CN12. The molecule has 4 aromatic rings. The first-order chi connectivity index (χ1) is 17.1. The molecular formula is C29H20N2O3S. The van der Waals surface area contributed by atoms with Crippen molar-refractivity contribution in [1.29, 1.82) is 0 Å². The number of Topliss-reactive ketones (excluding diaryl/α,β-unsaturated/α-hetero) is 1. The minimum absolute atomic E-state index is 0.109. The average molecular weight is 477 g/mol. The molecule has 2 fully saturated rings. The van der Waals surface area contributed by atoms with Crippen molar-refractivity contribution in [3.8, 4) is 0 Å². The van der Waals surface area contributed by atoms with E-state index in [2.05, 4.69) is 0 Å². The summed E-state index contributed by atoms with van der Waals surface area (Å²) in [7, 11) is 0. The van der Waals surface area contributed by atoms with E-state index >= 15 is 0 Å². The molecule has 0 spiro atoms. The Bertz CT molecular complexity index is 1550. The van der Waals surface area contributed by atoms with E-state index in [0.717, 1.165) is 21.9 Å². The van der Waals surface area contributed by atoms with Gasteiger partial charge in [-0.25, -0.2) is 4.90 Å². The Morgan fingerprint density at radius 3 is 2.43 bits per heavy atom. The summed E-state index contributed by atoms with van der Waals surface area (Å²) in [5.74, 6) is -2.04. The fourth-order valence-electron chi connectivity index (χ4n) is 6.06. The topological polar surface area (TPSA) is 57.7 Å². The van der Waals surface area contributed by atoms with Gasteiger partial charge in [-0.15, -0.1) is 11.3 Å². The molecule has 0 unspecified atom stereocenters. The molecule has 3 aliphatic rings. The van der Waals surface area contributed by atoms with Crippen molar-refractivity contribution in [3.63, 3.8) is 0 Å². The maximum absolute atomic E-state index is 14.1. The van der Waals surface area contributed by atoms with Gasteiger partial charge in [-0.05, 0) is 40.1 Å². The highest BCUT2D eigenvalue weighted by Gasteiger charge is 2.64. The van der Waals surface area contributed by atoms with Gasteiger partial charge in [0.15, 0.2) is 5.78 Å². The van der Waals surface area contributed by atoms with Crippen LogP contribution in [0.25, 0.3) is 16.8 Å². The van der Waals surface area contributed by atoms with Gasteiger partial charge < -0.3 is 4.90 Å². The third-order valence-corrected chi connectivity index (χ3v) is 8.39. The lowest BCUT2D eigenvalue weighted by atomic mass is 9.84. The number of ketones is 1. The maximum atomic E-state index is 14.1. The van der Waals surface area contributed by atoms with Gasteiger partial charge >= 0.3 is 0 Å². The van der Waals surface area contributed by atoms with E-state index in [4.69, 9.17) is 0 Å². The zero-order chi connectivity index (χ0) is 23.7. The monoisotopic (exact) mass is 476 g/mol. The van der Waals surface area contributed by atoms with E-state index in [0.29, 0.717) is 10.6 Å². The van der Waals surface area contributed by atoms with Crippen LogP contribution in [0.1, 0.15) is 26.8 Å². The van der Waals surface area contributed by atoms with Gasteiger partial charge in [0.1, 0.15) is 6.04 Å². The summed E-state index contributed by atoms with van der Waals surface area (Å²) in [6, 6.07) is 23.9. The van der Waals surface area contributed by atoms with Crippen LogP contribution < -0.4 is 4.90 Å². The Hall–Kier alpha value is -4.03. The molecule has 1 aromatic heterocycles. The van der Waals surface area contributed by atoms with Crippen molar-refractivity contribution in [2.45, 2.75) is 12.1 Å². The summed E-state index contributed by atoms with van der Waals surface area (Å²) in [5, 5.41) is 3.67. The first kappa shape index (κ1) is 20.4. The smallest absolute Gasteiger partial charge is 0.240 e. The van der Waals surface area contributed by atoms with Gasteiger partial charge in [-0.3, -0.25) is 14.4 Å². The number of fused-ring (bicyclic) bond motifs is 6. The van der Waals surface area contributed by atoms with Crippen molar-refractivity contribution in [3.05, 3.63) is 106 Å². The lowest BCUT2D eigenvalue weighted by Crippen LogP contribution is -2.44. The van der Waals surface area contributed by atoms with Gasteiger partial charge in [0.2, 0.25) is 11.8 Å². The van der Waals surface area contributed by atoms with Gasteiger partial charge in [-0.1, -0.05) is 66.7 Å². The molecule has 5 nitrogen and oxygen atoms in total. The number of hydrogen-bond acceptors (Lipinski definition) is 5. The quantitative estimate of drug-likeness (QED) is 0.297. The van der Waals surface area contributed by atoms with Crippen LogP contribution in [0.15, 0.2) is 90.4 Å². The molecule has 35 heavy (non-hydrogen) atoms. The molecule has 0 radical (unpaired) electrons. The molecule has 7 rings (SSSR count). The minimum Gasteiger partial charge on any atom is -0.358 e. The van der Waals surface area contributed by atoms with E-state index in [1.165, 1.54) is 16.2 Å². The lowest BCUT2D eigenvalue weighted by molar-refractivity contribution is -0.123. The Morgan fingerprint density at radius 2 is 1.57 bits per heavy atom. The second kappa shape index (κ2) is 7.48. The molecule has 170 valence electrons. The number of rotatable bonds is 3. The highest BCUT2D eigenvalue weighted by Crippen LogP contribution is 2.54. The average Bonchev–Trinajstić information content (AvgIpc) is 3.60. The number of carbonyl (C=O) groups is 3. The van der Waals surface area contributed by atoms with Crippen molar-refractivity contribution >= 4 is 51.5 Å². The zero-order valence-electron chi connectivity index (χ0n) is 18.6. The minimum atomic E-state index is -0.753. The zero-order valence-corrected chi connectivity index (χ0v) is 19.4. The van der Waals surface area contributed by atoms with Gasteiger partial charge in [0.05, 0.1) is 28.4 Å². The van der Waals surface area contributed by atoms with Crippen molar-refractivity contribution in [2.75, 3.05) is 4.90 Å². The lowest BCUT2D eigenvalue weighted by Gasteiger charge is -2.35. The summed E-state index contributed by atoms with van der Waals surface area (Å²) in [5.41, 5.74) is 2.58. The predicted molar refractivity (Wildman–Crippen MR) is 136 cm³/mol. The number of nitrogens with zero attached hydrogens (tertiary/aromatic N) is 2. The number of carbonyl (C=O) groups excluding carboxylic acids is 3. The third kappa shape index (κ3) is 2.77. The summed E-state index contributed by atoms with van der Waals surface area (Å²) < 4.78 is 0. The molecule has 0 N–H and O–H groups in total. The fraction of sp³-hybridized carbons (Fsp3) is 0.138. The Morgan fingerprint density at radius 1 is 0.800 bits per heavy atom. The van der Waals surface area contributed by atoms with Crippen molar-refractivity contribution < 1.29 is 14.4 Å². The molecule has 2 amide bonds. The van der Waals surface area contributed by atoms with Crippen LogP contribution in [0, 0.1) is 11.8 Å². The van der Waals surface area contributed by atoms with Gasteiger partial charge in [0, 0.05) is 11.6 Å². The Balaban J connectivity index is 1.41. The number of amides is 2. The highest BCUT2D eigenvalue weighted by molar-refractivity contribution is 7.12. The summed E-state index contributed by atoms with van der Waals surface area (Å²) in [6.07, 6.45) is 3.86. The first-order valence-corrected chi connectivity index (χ1v) is 12.5. The van der Waals surface area contributed by atoms with E-state index in [1.807, 2.05) is 95.4 Å². The maximum Gasteiger partial charge on any atom is 0.240 e. The molecule has 3 aliphatic heterocycles. The van der Waals surface area contributed by atoms with E-state index in [1.54, 1.807) is 6.07 Å². The largest absolute Gasteiger partial charge is 0.358 e. The predicted octanol–water partition coefficient (Wildman–Crippen LogP) is 5.30. The number of imide groups is 1. The molecular weight excluding hydrogens is 456 g/mol. The highest BCUT2D eigenvalue weighted by atomic mass is 32.1. The number of anilines is 1. The molecule has 0 bridgehead atoms. The summed E-state index contributed by atoms with van der Waals surface area (Å²) >= 11 is 1.37. The van der Waals surface area contributed by atoms with Crippen LogP contribution in [0.2, 0.25) is 0 Å². The second-order valence-corrected chi connectivity index (χ2v) is 10.1. The summed E-state index contributed by atoms with van der Waals surface area (Å²) in [4.78, 5) is 45.9. The number of benzene rings is 3. The van der Waals surface area contributed by atoms with E-state index in [9.17, 15) is 14.4 Å². The number of thiophene rings is 1. The normalized spacial score (nSPS) is 24.6. The molecule has 4 atom stereocenters. The standard InChI is InChI=1S/C29H20N2O3S/c32-27(22-13-6-16-35-22)26-24-23(25-20-11-4-2-8-18(20)14-15-30(25)26)28(33)31(29(24)34)21-12-5-9-17-7-1-3-10-19(17)21/h1-16,23-26H/t23-,24-,25+,26+/m1/s1.